The summed E-state index contributed by atoms with van der Waals surface area (Å²) >= 11 is 8.17. The average Bonchev–Trinajstić information content (AvgIpc) is 0.722. The topological polar surface area (TPSA) is 46.2 Å². The molecule has 0 amide bonds. The third-order valence-electron chi connectivity index (χ3n) is 0. The second-order valence-electron chi connectivity index (χ2n) is 0.564. The molecule has 0 aliphatic rings. The summed E-state index contributed by atoms with van der Waals surface area (Å²) in [7, 11) is 0. The molecule has 0 heterocycles. The van der Waals surface area contributed by atoms with Gasteiger partial charge in [-0.1, -0.05) is 11.8 Å². The molecule has 0 aromatic heterocycles. The Morgan fingerprint density at radius 1 is 1.83 bits per heavy atom. The van der Waals surface area contributed by atoms with Gasteiger partial charge in [0.25, 0.3) is 0 Å². The van der Waals surface area contributed by atoms with Gasteiger partial charge in [-0.25, -0.2) is 0 Å². The molecule has 6 heavy (non-hydrogen) atoms. The Morgan fingerprint density at radius 2 is 1.83 bits per heavy atom. The Bertz CT molecular complexity index is 59.7. The molecule has 0 aliphatic carbocycles. The second-order valence-corrected chi connectivity index (χ2v) is 5.73. The number of nitrogens with two attached hydrogens (primary N) is 1. The van der Waals surface area contributed by atoms with Crippen molar-refractivity contribution in [2.75, 3.05) is 0 Å². The number of rotatable bonds is 0. The first kappa shape index (κ1) is 10.6. The molecule has 0 aromatic carbocycles. The quantitative estimate of drug-likeness (QED) is 0.337. The molecular weight excluding hydrogens is 221 g/mol. The van der Waals surface area contributed by atoms with E-state index in [1.807, 2.05) is 0 Å². The SMILES string of the molecule is NP(O)(=S)[S-].[Mo]. The van der Waals surface area contributed by atoms with Gasteiger partial charge in [0.2, 0.25) is 0 Å². The van der Waals surface area contributed by atoms with Crippen LogP contribution < -0.4 is 5.50 Å². The zero-order chi connectivity index (χ0) is 4.50. The van der Waals surface area contributed by atoms with Crippen LogP contribution in [0.4, 0.5) is 0 Å². The van der Waals surface area contributed by atoms with Gasteiger partial charge >= 0.3 is 0 Å². The molecule has 0 saturated carbocycles. The fourth-order valence-corrected chi connectivity index (χ4v) is 0. The molecule has 1 atom stereocenters. The van der Waals surface area contributed by atoms with Gasteiger partial charge in [-0.15, -0.1) is 0 Å². The van der Waals surface area contributed by atoms with E-state index in [1.54, 1.807) is 0 Å². The maximum absolute atomic E-state index is 8.04. The largest absolute Gasteiger partial charge is 0.705 e. The van der Waals surface area contributed by atoms with Crippen LogP contribution in [0.2, 0.25) is 0 Å². The smallest absolute Gasteiger partial charge is 0 e. The van der Waals surface area contributed by atoms with Crippen molar-refractivity contribution in [2.24, 2.45) is 5.50 Å². The van der Waals surface area contributed by atoms with Crippen LogP contribution in [0, 0.1) is 0 Å². The van der Waals surface area contributed by atoms with E-state index in [9.17, 15) is 0 Å². The predicted molar refractivity (Wildman–Crippen MR) is 28.1 cm³/mol. The third kappa shape index (κ3) is 46.0. The van der Waals surface area contributed by atoms with Crippen molar-refractivity contribution in [3.05, 3.63) is 0 Å². The van der Waals surface area contributed by atoms with Gasteiger partial charge < -0.3 is 22.6 Å². The molecule has 3 N–H and O–H groups in total. The molecular formula is H3MoNOPS2-. The van der Waals surface area contributed by atoms with Crippen LogP contribution in [-0.4, -0.2) is 4.89 Å². The summed E-state index contributed by atoms with van der Waals surface area (Å²) in [5.74, 6) is 0. The molecule has 0 aliphatic heterocycles. The minimum Gasteiger partial charge on any atom is -0.705 e. The third-order valence-corrected chi connectivity index (χ3v) is 0. The van der Waals surface area contributed by atoms with Gasteiger partial charge in [-0.05, 0) is 5.62 Å². The molecule has 0 aromatic rings. The number of hydrogen-bond acceptors (Lipinski definition) is 2. The standard InChI is InChI=1S/Mo.H4NOPS2/c;1-3(2,4)5/h;(H4,1,2,4,5)/p-1. The summed E-state index contributed by atoms with van der Waals surface area (Å²) in [5, 5.41) is 0. The van der Waals surface area contributed by atoms with Gasteiger partial charge in [0.15, 0.2) is 0 Å². The minimum absolute atomic E-state index is 0. The number of hydrogen-bond donors (Lipinski definition) is 2. The maximum Gasteiger partial charge on any atom is 0 e. The van der Waals surface area contributed by atoms with Gasteiger partial charge in [0.05, 0.1) is 0 Å². The van der Waals surface area contributed by atoms with Crippen LogP contribution in [0.5, 0.6) is 0 Å². The summed E-state index contributed by atoms with van der Waals surface area (Å²) in [4.78, 5) is 8.04. The molecule has 2 nitrogen and oxygen atoms in total. The van der Waals surface area contributed by atoms with Crippen molar-refractivity contribution in [1.29, 1.82) is 0 Å². The first-order valence-electron chi connectivity index (χ1n) is 0.823. The van der Waals surface area contributed by atoms with Crippen LogP contribution in [0.15, 0.2) is 0 Å². The molecule has 6 heteroatoms. The van der Waals surface area contributed by atoms with Crippen LogP contribution in [-0.2, 0) is 45.1 Å². The van der Waals surface area contributed by atoms with Crippen LogP contribution in [0.1, 0.15) is 0 Å². The normalized spacial score (nSPS) is 17.8. The summed E-state index contributed by atoms with van der Waals surface area (Å²) in [6.07, 6.45) is 0. The Kier molecular flexibility index (Phi) is 6.32. The molecule has 0 fully saturated rings. The Morgan fingerprint density at radius 3 is 1.83 bits per heavy atom. The Balaban J connectivity index is 0. The molecule has 0 radical (unpaired) electrons. The van der Waals surface area contributed by atoms with E-state index in [4.69, 9.17) is 4.89 Å². The zero-order valence-corrected chi connectivity index (χ0v) is 7.23. The summed E-state index contributed by atoms with van der Waals surface area (Å²) in [5.41, 5.74) is 1.93. The van der Waals surface area contributed by atoms with Crippen LogP contribution >= 0.6 is 5.62 Å². The fourth-order valence-electron chi connectivity index (χ4n) is 0. The Labute approximate surface area is 61.1 Å². The molecule has 38 valence electrons. The first-order valence-corrected chi connectivity index (χ1v) is 4.66. The van der Waals surface area contributed by atoms with Gasteiger partial charge in [0.1, 0.15) is 0 Å². The van der Waals surface area contributed by atoms with Crippen molar-refractivity contribution in [3.63, 3.8) is 0 Å². The van der Waals surface area contributed by atoms with Gasteiger partial charge in [-0.3, -0.25) is 0 Å². The first-order chi connectivity index (χ1) is 2.00. The fraction of sp³-hybridized carbons (Fsp3) is 0. The van der Waals surface area contributed by atoms with E-state index in [0.717, 1.165) is 0 Å². The summed E-state index contributed by atoms with van der Waals surface area (Å²) < 4.78 is 0. The van der Waals surface area contributed by atoms with E-state index in [2.05, 4.69) is 29.6 Å². The zero-order valence-electron chi connectivity index (χ0n) is 2.70. The second kappa shape index (κ2) is 3.59. The minimum atomic E-state index is -2.72. The van der Waals surface area contributed by atoms with E-state index >= 15 is 0 Å². The van der Waals surface area contributed by atoms with Gasteiger partial charge in [0, 0.05) is 21.1 Å². The molecule has 1 unspecified atom stereocenters. The molecule has 0 rings (SSSR count). The summed E-state index contributed by atoms with van der Waals surface area (Å²) in [6, 6.07) is 0. The van der Waals surface area contributed by atoms with E-state index < -0.39 is 5.62 Å². The monoisotopic (exact) mass is 226 g/mol. The van der Waals surface area contributed by atoms with Gasteiger partial charge in [-0.2, -0.15) is 0 Å². The maximum atomic E-state index is 8.04. The van der Waals surface area contributed by atoms with Crippen molar-refractivity contribution in [3.8, 4) is 0 Å². The van der Waals surface area contributed by atoms with E-state index in [-0.39, 0.29) is 21.1 Å². The summed E-state index contributed by atoms with van der Waals surface area (Å²) in [6.45, 7) is 0. The van der Waals surface area contributed by atoms with Crippen LogP contribution in [0.25, 0.3) is 0 Å². The van der Waals surface area contributed by atoms with Crippen molar-refractivity contribution in [2.45, 2.75) is 0 Å². The molecule has 0 bridgehead atoms. The Hall–Kier alpha value is 1.61. The van der Waals surface area contributed by atoms with E-state index in [1.165, 1.54) is 0 Å². The average molecular weight is 224 g/mol. The predicted octanol–water partition coefficient (Wildman–Crippen LogP) is -0.294. The van der Waals surface area contributed by atoms with Crippen molar-refractivity contribution < 1.29 is 26.0 Å². The van der Waals surface area contributed by atoms with Crippen molar-refractivity contribution >= 4 is 29.7 Å². The van der Waals surface area contributed by atoms with E-state index in [0.29, 0.717) is 0 Å². The molecule has 0 spiro atoms. The van der Waals surface area contributed by atoms with Crippen molar-refractivity contribution in [1.82, 2.24) is 0 Å². The van der Waals surface area contributed by atoms with Crippen LogP contribution in [0.3, 0.4) is 0 Å². The molecule has 0 saturated heterocycles.